The van der Waals surface area contributed by atoms with Gasteiger partial charge in [-0.3, -0.25) is 4.90 Å². The first-order valence-corrected chi connectivity index (χ1v) is 10.1. The third kappa shape index (κ3) is 4.59. The molecule has 2 heterocycles. The van der Waals surface area contributed by atoms with Crippen LogP contribution in [0.1, 0.15) is 42.9 Å². The highest BCUT2D eigenvalue weighted by Crippen LogP contribution is 2.24. The molecule has 1 aliphatic rings. The zero-order chi connectivity index (χ0) is 21.0. The van der Waals surface area contributed by atoms with Gasteiger partial charge in [0.2, 0.25) is 0 Å². The number of hydrogen-bond donors (Lipinski definition) is 1. The third-order valence-electron chi connectivity index (χ3n) is 5.54. The molecule has 1 aromatic heterocycles. The Morgan fingerprint density at radius 3 is 2.62 bits per heavy atom. The van der Waals surface area contributed by atoms with Crippen LogP contribution in [0.15, 0.2) is 18.2 Å². The second-order valence-electron chi connectivity index (χ2n) is 7.28. The molecule has 158 valence electrons. The van der Waals surface area contributed by atoms with Gasteiger partial charge in [0.25, 0.3) is 0 Å². The SMILES string of the molecule is CCOC(=O)c1ccc2c(c1)nc(CN1CCC([C@H](O)C(=O)OC)CC1)n2CC. The normalized spacial score (nSPS) is 16.7. The van der Waals surface area contributed by atoms with Gasteiger partial charge in [-0.25, -0.2) is 14.6 Å². The summed E-state index contributed by atoms with van der Waals surface area (Å²) in [5, 5.41) is 10.1. The number of fused-ring (bicyclic) bond motifs is 1. The Morgan fingerprint density at radius 1 is 1.28 bits per heavy atom. The first-order chi connectivity index (χ1) is 14.0. The van der Waals surface area contributed by atoms with Crippen LogP contribution in [0, 0.1) is 5.92 Å². The van der Waals surface area contributed by atoms with E-state index in [-0.39, 0.29) is 11.9 Å². The number of carbonyl (C=O) groups excluding carboxylic acids is 2. The van der Waals surface area contributed by atoms with Gasteiger partial charge in [-0.15, -0.1) is 0 Å². The van der Waals surface area contributed by atoms with Crippen LogP contribution in [0.5, 0.6) is 0 Å². The molecule has 1 saturated heterocycles. The van der Waals surface area contributed by atoms with Crippen LogP contribution in [0.25, 0.3) is 11.0 Å². The minimum atomic E-state index is -1.05. The second kappa shape index (κ2) is 9.37. The topological polar surface area (TPSA) is 93.9 Å². The minimum Gasteiger partial charge on any atom is -0.467 e. The molecule has 0 aliphatic carbocycles. The maximum Gasteiger partial charge on any atom is 0.338 e. The number of ether oxygens (including phenoxy) is 2. The van der Waals surface area contributed by atoms with Crippen molar-refractivity contribution in [3.05, 3.63) is 29.6 Å². The molecule has 0 saturated carbocycles. The van der Waals surface area contributed by atoms with E-state index in [2.05, 4.69) is 21.1 Å². The number of rotatable bonds is 7. The van der Waals surface area contributed by atoms with Crippen LogP contribution in [-0.2, 0) is 27.4 Å². The van der Waals surface area contributed by atoms with Crippen LogP contribution in [0.2, 0.25) is 0 Å². The summed E-state index contributed by atoms with van der Waals surface area (Å²) < 4.78 is 11.9. The van der Waals surface area contributed by atoms with E-state index < -0.39 is 12.1 Å². The van der Waals surface area contributed by atoms with Gasteiger partial charge in [-0.05, 0) is 63.9 Å². The summed E-state index contributed by atoms with van der Waals surface area (Å²) >= 11 is 0. The third-order valence-corrected chi connectivity index (χ3v) is 5.54. The minimum absolute atomic E-state index is 0.0733. The van der Waals surface area contributed by atoms with Crippen molar-refractivity contribution in [1.29, 1.82) is 0 Å². The lowest BCUT2D eigenvalue weighted by molar-refractivity contribution is -0.154. The molecule has 0 spiro atoms. The number of aryl methyl sites for hydroxylation is 1. The molecule has 8 nitrogen and oxygen atoms in total. The van der Waals surface area contributed by atoms with E-state index in [9.17, 15) is 14.7 Å². The first-order valence-electron chi connectivity index (χ1n) is 10.1. The van der Waals surface area contributed by atoms with Crippen molar-refractivity contribution < 1.29 is 24.2 Å². The number of benzene rings is 1. The molecule has 0 unspecified atom stereocenters. The van der Waals surface area contributed by atoms with Crippen LogP contribution >= 0.6 is 0 Å². The van der Waals surface area contributed by atoms with Crippen LogP contribution < -0.4 is 0 Å². The molecule has 1 aliphatic heterocycles. The van der Waals surface area contributed by atoms with Crippen LogP contribution in [-0.4, -0.2) is 64.4 Å². The summed E-state index contributed by atoms with van der Waals surface area (Å²) in [4.78, 5) is 30.6. The van der Waals surface area contributed by atoms with E-state index >= 15 is 0 Å². The van der Waals surface area contributed by atoms with Gasteiger partial charge in [0, 0.05) is 6.54 Å². The summed E-state index contributed by atoms with van der Waals surface area (Å²) in [6.07, 6.45) is 0.411. The number of methoxy groups -OCH3 is 1. The number of aromatic nitrogens is 2. The van der Waals surface area contributed by atoms with Gasteiger partial charge >= 0.3 is 11.9 Å². The second-order valence-corrected chi connectivity index (χ2v) is 7.28. The molecule has 0 bridgehead atoms. The summed E-state index contributed by atoms with van der Waals surface area (Å²) in [5.74, 6) is -0.0341. The lowest BCUT2D eigenvalue weighted by Gasteiger charge is -2.33. The Balaban J connectivity index is 1.72. The molecule has 1 N–H and O–H groups in total. The Bertz CT molecular complexity index is 871. The number of imidazole rings is 1. The van der Waals surface area contributed by atoms with Crippen molar-refractivity contribution in [2.75, 3.05) is 26.8 Å². The maximum absolute atomic E-state index is 12.0. The highest BCUT2D eigenvalue weighted by molar-refractivity contribution is 5.93. The van der Waals surface area contributed by atoms with Crippen molar-refractivity contribution >= 4 is 23.0 Å². The fourth-order valence-electron chi connectivity index (χ4n) is 3.93. The van der Waals surface area contributed by atoms with E-state index in [4.69, 9.17) is 9.72 Å². The number of esters is 2. The predicted molar refractivity (Wildman–Crippen MR) is 107 cm³/mol. The summed E-state index contributed by atoms with van der Waals surface area (Å²) in [5.41, 5.74) is 2.28. The Kier molecular flexibility index (Phi) is 6.87. The average Bonchev–Trinajstić information content (AvgIpc) is 3.09. The van der Waals surface area contributed by atoms with Crippen molar-refractivity contribution in [2.24, 2.45) is 5.92 Å². The molecule has 1 aromatic carbocycles. The quantitative estimate of drug-likeness (QED) is 0.707. The zero-order valence-electron chi connectivity index (χ0n) is 17.3. The van der Waals surface area contributed by atoms with Gasteiger partial charge in [0.05, 0.1) is 36.9 Å². The molecule has 0 amide bonds. The van der Waals surface area contributed by atoms with Crippen molar-refractivity contribution in [3.8, 4) is 0 Å². The van der Waals surface area contributed by atoms with Gasteiger partial charge < -0.3 is 19.1 Å². The zero-order valence-corrected chi connectivity index (χ0v) is 17.3. The molecule has 0 radical (unpaired) electrons. The molecule has 1 fully saturated rings. The highest BCUT2D eigenvalue weighted by Gasteiger charge is 2.30. The van der Waals surface area contributed by atoms with Gasteiger partial charge in [-0.2, -0.15) is 0 Å². The molecule has 2 aromatic rings. The average molecular weight is 403 g/mol. The lowest BCUT2D eigenvalue weighted by atomic mass is 9.91. The molecule has 3 rings (SSSR count). The monoisotopic (exact) mass is 403 g/mol. The van der Waals surface area contributed by atoms with Gasteiger partial charge in [-0.1, -0.05) is 0 Å². The van der Waals surface area contributed by atoms with Crippen molar-refractivity contribution in [1.82, 2.24) is 14.5 Å². The Morgan fingerprint density at radius 2 is 2.00 bits per heavy atom. The molecule has 29 heavy (non-hydrogen) atoms. The molecule has 1 atom stereocenters. The van der Waals surface area contributed by atoms with Crippen molar-refractivity contribution in [2.45, 2.75) is 45.9 Å². The standard InChI is InChI=1S/C21H29N3O5/c1-4-24-17-7-6-15(20(26)29-5-2)12-16(17)22-18(24)13-23-10-8-14(9-11-23)19(25)21(27)28-3/h6-7,12,14,19,25H,4-5,8-11,13H2,1-3H3/t19-/m0/s1. The van der Waals surface area contributed by atoms with E-state index in [1.165, 1.54) is 7.11 Å². The summed E-state index contributed by atoms with van der Waals surface area (Å²) in [6.45, 7) is 7.21. The van der Waals surface area contributed by atoms with E-state index in [0.29, 0.717) is 18.7 Å². The largest absolute Gasteiger partial charge is 0.467 e. The summed E-state index contributed by atoms with van der Waals surface area (Å²) in [7, 11) is 1.29. The number of hydrogen-bond acceptors (Lipinski definition) is 7. The number of aliphatic hydroxyl groups is 1. The smallest absolute Gasteiger partial charge is 0.338 e. The highest BCUT2D eigenvalue weighted by atomic mass is 16.5. The fourth-order valence-corrected chi connectivity index (χ4v) is 3.93. The molecule has 8 heteroatoms. The number of carbonyl (C=O) groups is 2. The van der Waals surface area contributed by atoms with E-state index in [1.54, 1.807) is 19.1 Å². The fraction of sp³-hybridized carbons (Fsp3) is 0.571. The van der Waals surface area contributed by atoms with Crippen molar-refractivity contribution in [3.63, 3.8) is 0 Å². The van der Waals surface area contributed by atoms with E-state index in [1.807, 2.05) is 6.07 Å². The molecular weight excluding hydrogens is 374 g/mol. The number of aliphatic hydroxyl groups excluding tert-OH is 1. The van der Waals surface area contributed by atoms with Crippen LogP contribution in [0.4, 0.5) is 0 Å². The summed E-state index contributed by atoms with van der Waals surface area (Å²) in [6, 6.07) is 5.47. The first kappa shape index (κ1) is 21.3. The molecular formula is C21H29N3O5. The van der Waals surface area contributed by atoms with Crippen LogP contribution in [0.3, 0.4) is 0 Å². The number of likely N-dealkylation sites (tertiary alicyclic amines) is 1. The Labute approximate surface area is 170 Å². The maximum atomic E-state index is 12.0. The lowest BCUT2D eigenvalue weighted by Crippen LogP contribution is -2.40. The Hall–Kier alpha value is -2.45. The number of nitrogens with zero attached hydrogens (tertiary/aromatic N) is 3. The number of piperidine rings is 1. The van der Waals surface area contributed by atoms with E-state index in [0.717, 1.165) is 49.3 Å². The van der Waals surface area contributed by atoms with Gasteiger partial charge in [0.1, 0.15) is 5.82 Å². The van der Waals surface area contributed by atoms with Gasteiger partial charge in [0.15, 0.2) is 6.10 Å². The predicted octanol–water partition coefficient (Wildman–Crippen LogP) is 1.98.